The average Bonchev–Trinajstić information content (AvgIpc) is 2.48. The van der Waals surface area contributed by atoms with Crippen LogP contribution < -0.4 is 0 Å². The lowest BCUT2D eigenvalue weighted by Gasteiger charge is -2.33. The molecule has 0 aromatic heterocycles. The van der Waals surface area contributed by atoms with E-state index >= 15 is 0 Å². The first kappa shape index (κ1) is 14.4. The highest BCUT2D eigenvalue weighted by atomic mass is 32.2. The molecule has 1 aliphatic rings. The lowest BCUT2D eigenvalue weighted by molar-refractivity contribution is 0.182. The Hall–Kier alpha value is -0.960. The third-order valence-electron chi connectivity index (χ3n) is 3.80. The molecule has 0 bridgehead atoms. The van der Waals surface area contributed by atoms with Crippen LogP contribution in [-0.2, 0) is 5.75 Å². The summed E-state index contributed by atoms with van der Waals surface area (Å²) in [4.78, 5) is 14.4. The van der Waals surface area contributed by atoms with Gasteiger partial charge in [0, 0.05) is 18.3 Å². The van der Waals surface area contributed by atoms with E-state index < -0.39 is 0 Å². The highest BCUT2D eigenvalue weighted by molar-refractivity contribution is 8.12. The molecule has 2 nitrogen and oxygen atoms in total. The molecule has 1 aromatic carbocycles. The summed E-state index contributed by atoms with van der Waals surface area (Å²) in [6, 6.07) is 10.7. The van der Waals surface area contributed by atoms with Gasteiger partial charge in [0.25, 0.3) is 5.24 Å². The molecule has 3 heteroatoms. The molecule has 19 heavy (non-hydrogen) atoms. The number of thioether (sulfide) groups is 1. The number of amides is 1. The van der Waals surface area contributed by atoms with Gasteiger partial charge in [0.15, 0.2) is 0 Å². The van der Waals surface area contributed by atoms with Gasteiger partial charge >= 0.3 is 0 Å². The number of benzene rings is 1. The summed E-state index contributed by atoms with van der Waals surface area (Å²) in [5, 5.41) is 0.248. The van der Waals surface area contributed by atoms with Crippen LogP contribution >= 0.6 is 11.8 Å². The Morgan fingerprint density at radius 1 is 1.21 bits per heavy atom. The van der Waals surface area contributed by atoms with Crippen LogP contribution in [0.1, 0.15) is 44.6 Å². The van der Waals surface area contributed by atoms with Crippen LogP contribution in [0.15, 0.2) is 30.3 Å². The van der Waals surface area contributed by atoms with E-state index in [1.54, 1.807) is 0 Å². The van der Waals surface area contributed by atoms with Gasteiger partial charge in [-0.3, -0.25) is 4.79 Å². The summed E-state index contributed by atoms with van der Waals surface area (Å²) in [6.07, 6.45) is 6.26. The molecule has 1 aromatic rings. The highest BCUT2D eigenvalue weighted by Gasteiger charge is 2.24. The first-order valence-electron chi connectivity index (χ1n) is 7.28. The molecule has 0 N–H and O–H groups in total. The molecule has 0 spiro atoms. The average molecular weight is 277 g/mol. The molecule has 0 heterocycles. The van der Waals surface area contributed by atoms with E-state index in [2.05, 4.69) is 24.0 Å². The van der Waals surface area contributed by atoms with Crippen molar-refractivity contribution in [3.8, 4) is 0 Å². The van der Waals surface area contributed by atoms with E-state index in [4.69, 9.17) is 0 Å². The third kappa shape index (κ3) is 4.27. The van der Waals surface area contributed by atoms with Gasteiger partial charge in [-0.1, -0.05) is 61.4 Å². The zero-order chi connectivity index (χ0) is 13.5. The van der Waals surface area contributed by atoms with Crippen molar-refractivity contribution >= 4 is 17.0 Å². The summed E-state index contributed by atoms with van der Waals surface area (Å²) in [5.74, 6) is 0.781. The predicted molar refractivity (Wildman–Crippen MR) is 82.4 cm³/mol. The second-order valence-corrected chi connectivity index (χ2v) is 6.04. The minimum Gasteiger partial charge on any atom is -0.331 e. The number of carbonyl (C=O) groups excluding carboxylic acids is 1. The van der Waals surface area contributed by atoms with E-state index in [-0.39, 0.29) is 5.24 Å². The Morgan fingerprint density at radius 2 is 1.89 bits per heavy atom. The summed E-state index contributed by atoms with van der Waals surface area (Å²) in [7, 11) is 0. The molecular formula is C16H23NOS. The van der Waals surface area contributed by atoms with Crippen LogP contribution in [0.2, 0.25) is 0 Å². The molecule has 0 aliphatic heterocycles. The number of hydrogen-bond acceptors (Lipinski definition) is 2. The Balaban J connectivity index is 1.86. The standard InChI is InChI=1S/C16H23NOS/c1-2-17(15-11-7-4-8-12-15)16(18)19-13-14-9-5-3-6-10-14/h3,5-6,9-10,15H,2,4,7-8,11-13H2,1H3. The van der Waals surface area contributed by atoms with Crippen LogP contribution in [0, 0.1) is 0 Å². The number of rotatable bonds is 4. The van der Waals surface area contributed by atoms with Gasteiger partial charge in [-0.15, -0.1) is 0 Å². The van der Waals surface area contributed by atoms with Gasteiger partial charge in [-0.05, 0) is 25.3 Å². The van der Waals surface area contributed by atoms with Crippen LogP contribution in [-0.4, -0.2) is 22.7 Å². The predicted octanol–water partition coefficient (Wildman–Crippen LogP) is 4.69. The SMILES string of the molecule is CCN(C(=O)SCc1ccccc1)C1CCCCC1. The summed E-state index contributed by atoms with van der Waals surface area (Å²) in [5.41, 5.74) is 1.22. The zero-order valence-electron chi connectivity index (χ0n) is 11.7. The topological polar surface area (TPSA) is 20.3 Å². The quantitative estimate of drug-likeness (QED) is 0.795. The molecule has 0 radical (unpaired) electrons. The van der Waals surface area contributed by atoms with Gasteiger partial charge in [-0.25, -0.2) is 0 Å². The van der Waals surface area contributed by atoms with Gasteiger partial charge < -0.3 is 4.90 Å². The normalized spacial score (nSPS) is 16.3. The van der Waals surface area contributed by atoms with Crippen molar-refractivity contribution in [2.75, 3.05) is 6.54 Å². The Kier molecular flexibility index (Phi) is 5.77. The fourth-order valence-electron chi connectivity index (χ4n) is 2.73. The lowest BCUT2D eigenvalue weighted by Crippen LogP contribution is -2.39. The first-order chi connectivity index (χ1) is 9.31. The van der Waals surface area contributed by atoms with E-state index in [1.807, 2.05) is 18.2 Å². The smallest absolute Gasteiger partial charge is 0.282 e. The zero-order valence-corrected chi connectivity index (χ0v) is 12.5. The Labute approximate surface area is 120 Å². The van der Waals surface area contributed by atoms with E-state index in [0.29, 0.717) is 6.04 Å². The summed E-state index contributed by atoms with van der Waals surface area (Å²) < 4.78 is 0. The van der Waals surface area contributed by atoms with Gasteiger partial charge in [0.2, 0.25) is 0 Å². The monoisotopic (exact) mass is 277 g/mol. The van der Waals surface area contributed by atoms with Crippen LogP contribution in [0.5, 0.6) is 0 Å². The Bertz CT molecular complexity index is 387. The molecule has 104 valence electrons. The van der Waals surface area contributed by atoms with Gasteiger partial charge in [-0.2, -0.15) is 0 Å². The molecule has 1 fully saturated rings. The second-order valence-electron chi connectivity index (χ2n) is 5.12. The maximum atomic E-state index is 12.3. The highest BCUT2D eigenvalue weighted by Crippen LogP contribution is 2.26. The molecule has 1 aliphatic carbocycles. The molecule has 1 saturated carbocycles. The van der Waals surface area contributed by atoms with Crippen molar-refractivity contribution in [1.82, 2.24) is 4.90 Å². The van der Waals surface area contributed by atoms with E-state index in [1.165, 1.54) is 49.4 Å². The van der Waals surface area contributed by atoms with Crippen molar-refractivity contribution < 1.29 is 4.79 Å². The maximum absolute atomic E-state index is 12.3. The van der Waals surface area contributed by atoms with Crippen molar-refractivity contribution in [2.24, 2.45) is 0 Å². The van der Waals surface area contributed by atoms with Crippen molar-refractivity contribution in [3.63, 3.8) is 0 Å². The fourth-order valence-corrected chi connectivity index (χ4v) is 3.66. The van der Waals surface area contributed by atoms with E-state index in [9.17, 15) is 4.79 Å². The van der Waals surface area contributed by atoms with Crippen molar-refractivity contribution in [3.05, 3.63) is 35.9 Å². The molecule has 1 amide bonds. The largest absolute Gasteiger partial charge is 0.331 e. The van der Waals surface area contributed by atoms with Crippen molar-refractivity contribution in [2.45, 2.75) is 50.8 Å². The lowest BCUT2D eigenvalue weighted by atomic mass is 9.94. The van der Waals surface area contributed by atoms with Gasteiger partial charge in [0.05, 0.1) is 0 Å². The molecule has 2 rings (SSSR count). The van der Waals surface area contributed by atoms with Gasteiger partial charge in [0.1, 0.15) is 0 Å². The van der Waals surface area contributed by atoms with Crippen LogP contribution in [0.4, 0.5) is 4.79 Å². The first-order valence-corrected chi connectivity index (χ1v) is 8.27. The molecular weight excluding hydrogens is 254 g/mol. The minimum atomic E-state index is 0.248. The number of hydrogen-bond donors (Lipinski definition) is 0. The maximum Gasteiger partial charge on any atom is 0.282 e. The summed E-state index contributed by atoms with van der Waals surface area (Å²) in [6.45, 7) is 2.93. The third-order valence-corrected chi connectivity index (χ3v) is 4.75. The molecule has 0 saturated heterocycles. The number of carbonyl (C=O) groups is 1. The van der Waals surface area contributed by atoms with Crippen molar-refractivity contribution in [1.29, 1.82) is 0 Å². The minimum absolute atomic E-state index is 0.248. The second kappa shape index (κ2) is 7.59. The van der Waals surface area contributed by atoms with E-state index in [0.717, 1.165) is 12.3 Å². The van der Waals surface area contributed by atoms with Crippen LogP contribution in [0.3, 0.4) is 0 Å². The Morgan fingerprint density at radius 3 is 2.53 bits per heavy atom. The fraction of sp³-hybridized carbons (Fsp3) is 0.562. The molecule has 0 unspecified atom stereocenters. The molecule has 0 atom stereocenters. The summed E-state index contributed by atoms with van der Waals surface area (Å²) >= 11 is 1.44. The number of nitrogens with zero attached hydrogens (tertiary/aromatic N) is 1. The van der Waals surface area contributed by atoms with Crippen LogP contribution in [0.25, 0.3) is 0 Å².